The second kappa shape index (κ2) is 5.01. The van der Waals surface area contributed by atoms with Gasteiger partial charge in [-0.25, -0.2) is 4.79 Å². The van der Waals surface area contributed by atoms with Gasteiger partial charge < -0.3 is 9.72 Å². The predicted octanol–water partition coefficient (Wildman–Crippen LogP) is 3.12. The molecule has 1 aliphatic carbocycles. The van der Waals surface area contributed by atoms with Crippen molar-refractivity contribution >= 4 is 16.9 Å². The fraction of sp³-hybridized carbons (Fsp3) is 0.375. The number of esters is 1. The van der Waals surface area contributed by atoms with Crippen LogP contribution in [-0.2, 0) is 17.6 Å². The highest BCUT2D eigenvalue weighted by Gasteiger charge is 2.18. The number of ether oxygens (including phenoxy) is 1. The number of nitrogens with one attached hydrogen (secondary N) is 1. The van der Waals surface area contributed by atoms with Gasteiger partial charge in [-0.1, -0.05) is 0 Å². The lowest BCUT2D eigenvalue weighted by Gasteiger charge is -2.10. The van der Waals surface area contributed by atoms with E-state index in [4.69, 9.17) is 10.00 Å². The van der Waals surface area contributed by atoms with Crippen LogP contribution in [0.25, 0.3) is 10.9 Å². The van der Waals surface area contributed by atoms with Gasteiger partial charge in [-0.3, -0.25) is 0 Å². The van der Waals surface area contributed by atoms with Crippen molar-refractivity contribution in [2.75, 3.05) is 0 Å². The molecule has 1 atom stereocenters. The molecule has 1 aromatic heterocycles. The molecule has 3 rings (SSSR count). The Kier molecular flexibility index (Phi) is 3.19. The summed E-state index contributed by atoms with van der Waals surface area (Å²) in [4.78, 5) is 15.4. The molecular weight excluding hydrogens is 252 g/mol. The number of aromatic nitrogens is 1. The Morgan fingerprint density at radius 1 is 1.40 bits per heavy atom. The lowest BCUT2D eigenvalue weighted by molar-refractivity contribution is 0.0435. The molecule has 1 N–H and O–H groups in total. The van der Waals surface area contributed by atoms with E-state index in [1.54, 1.807) is 13.0 Å². The monoisotopic (exact) mass is 268 g/mol. The average Bonchev–Trinajstić information content (AvgIpc) is 2.84. The van der Waals surface area contributed by atoms with Gasteiger partial charge in [0.15, 0.2) is 6.10 Å². The van der Waals surface area contributed by atoms with Crippen LogP contribution in [0, 0.1) is 11.3 Å². The molecule has 0 fully saturated rings. The van der Waals surface area contributed by atoms with Crippen molar-refractivity contribution in [2.24, 2.45) is 0 Å². The molecule has 4 nitrogen and oxygen atoms in total. The predicted molar refractivity (Wildman–Crippen MR) is 75.4 cm³/mol. The summed E-state index contributed by atoms with van der Waals surface area (Å²) in [5.74, 6) is -0.438. The minimum atomic E-state index is -0.724. The zero-order valence-electron chi connectivity index (χ0n) is 11.4. The van der Waals surface area contributed by atoms with E-state index in [1.165, 1.54) is 24.1 Å². The number of hydrogen-bond donors (Lipinski definition) is 1. The third kappa shape index (κ3) is 2.16. The van der Waals surface area contributed by atoms with Crippen molar-refractivity contribution in [3.8, 4) is 6.07 Å². The number of aryl methyl sites for hydroxylation is 2. The minimum absolute atomic E-state index is 0.438. The van der Waals surface area contributed by atoms with Crippen molar-refractivity contribution in [3.63, 3.8) is 0 Å². The van der Waals surface area contributed by atoms with E-state index >= 15 is 0 Å². The molecule has 0 saturated heterocycles. The van der Waals surface area contributed by atoms with Crippen molar-refractivity contribution in [1.82, 2.24) is 4.98 Å². The number of carbonyl (C=O) groups is 1. The third-order valence-electron chi connectivity index (χ3n) is 3.80. The maximum absolute atomic E-state index is 12.0. The van der Waals surface area contributed by atoms with E-state index in [-0.39, 0.29) is 0 Å². The molecule has 4 heteroatoms. The molecule has 1 aliphatic rings. The fourth-order valence-electron chi connectivity index (χ4n) is 2.79. The van der Waals surface area contributed by atoms with E-state index in [2.05, 4.69) is 4.98 Å². The number of hydrogen-bond acceptors (Lipinski definition) is 3. The zero-order valence-corrected chi connectivity index (χ0v) is 11.4. The zero-order chi connectivity index (χ0) is 14.1. The Labute approximate surface area is 117 Å². The normalized spacial score (nSPS) is 15.4. The number of fused-ring (bicyclic) bond motifs is 3. The Balaban J connectivity index is 1.98. The summed E-state index contributed by atoms with van der Waals surface area (Å²) in [6.07, 6.45) is 3.82. The molecule has 1 aromatic carbocycles. The van der Waals surface area contributed by atoms with Crippen molar-refractivity contribution in [2.45, 2.75) is 38.7 Å². The maximum atomic E-state index is 12.0. The first kappa shape index (κ1) is 12.7. The van der Waals surface area contributed by atoms with Crippen LogP contribution in [0.2, 0.25) is 0 Å². The highest BCUT2D eigenvalue weighted by atomic mass is 16.5. The summed E-state index contributed by atoms with van der Waals surface area (Å²) >= 11 is 0. The van der Waals surface area contributed by atoms with Crippen molar-refractivity contribution < 1.29 is 9.53 Å². The molecule has 0 spiro atoms. The molecule has 0 aliphatic heterocycles. The second-order valence-corrected chi connectivity index (χ2v) is 5.23. The van der Waals surface area contributed by atoms with Crippen LogP contribution < -0.4 is 0 Å². The number of benzene rings is 1. The highest BCUT2D eigenvalue weighted by molar-refractivity contribution is 5.96. The van der Waals surface area contributed by atoms with Gasteiger partial charge in [0, 0.05) is 16.6 Å². The largest absolute Gasteiger partial charge is 0.444 e. The molecule has 20 heavy (non-hydrogen) atoms. The summed E-state index contributed by atoms with van der Waals surface area (Å²) in [6.45, 7) is 1.56. The van der Waals surface area contributed by atoms with Gasteiger partial charge in [-0.15, -0.1) is 0 Å². The number of nitrogens with zero attached hydrogens (tertiary/aromatic N) is 1. The van der Waals surface area contributed by atoms with Crippen LogP contribution in [0.3, 0.4) is 0 Å². The number of aromatic amines is 1. The van der Waals surface area contributed by atoms with Crippen LogP contribution in [0.1, 0.15) is 41.4 Å². The number of nitriles is 1. The van der Waals surface area contributed by atoms with Crippen LogP contribution >= 0.6 is 0 Å². The SMILES string of the molecule is CC(C#N)OC(=O)c1ccc2[nH]c3c(c2c1)CCCC3. The molecule has 0 amide bonds. The fourth-order valence-corrected chi connectivity index (χ4v) is 2.79. The van der Waals surface area contributed by atoms with Crippen LogP contribution in [0.5, 0.6) is 0 Å². The third-order valence-corrected chi connectivity index (χ3v) is 3.80. The summed E-state index contributed by atoms with van der Waals surface area (Å²) < 4.78 is 5.04. The van der Waals surface area contributed by atoms with Gasteiger partial charge in [0.25, 0.3) is 0 Å². The molecule has 1 heterocycles. The average molecular weight is 268 g/mol. The Morgan fingerprint density at radius 2 is 2.20 bits per heavy atom. The topological polar surface area (TPSA) is 65.9 Å². The summed E-state index contributed by atoms with van der Waals surface area (Å²) in [5.41, 5.74) is 4.20. The number of rotatable bonds is 2. The second-order valence-electron chi connectivity index (χ2n) is 5.23. The Hall–Kier alpha value is -2.28. The maximum Gasteiger partial charge on any atom is 0.339 e. The van der Waals surface area contributed by atoms with Crippen LogP contribution in [0.15, 0.2) is 18.2 Å². The quantitative estimate of drug-likeness (QED) is 0.851. The molecule has 102 valence electrons. The van der Waals surface area contributed by atoms with Gasteiger partial charge in [0.1, 0.15) is 6.07 Å². The Morgan fingerprint density at radius 3 is 3.00 bits per heavy atom. The lowest BCUT2D eigenvalue weighted by atomic mass is 9.95. The standard InChI is InChI=1S/C16H16N2O2/c1-10(9-17)20-16(19)11-6-7-15-13(8-11)12-4-2-3-5-14(12)18-15/h6-8,10,18H,2-5H2,1H3. The van der Waals surface area contributed by atoms with Gasteiger partial charge in [-0.05, 0) is 56.4 Å². The minimum Gasteiger partial charge on any atom is -0.444 e. The molecule has 1 unspecified atom stereocenters. The lowest BCUT2D eigenvalue weighted by Crippen LogP contribution is -2.12. The van der Waals surface area contributed by atoms with E-state index in [0.717, 1.165) is 23.7 Å². The van der Waals surface area contributed by atoms with E-state index in [1.807, 2.05) is 18.2 Å². The highest BCUT2D eigenvalue weighted by Crippen LogP contribution is 2.29. The number of H-pyrrole nitrogens is 1. The first-order valence-electron chi connectivity index (χ1n) is 6.93. The summed E-state index contributed by atoms with van der Waals surface area (Å²) in [7, 11) is 0. The van der Waals surface area contributed by atoms with Gasteiger partial charge in [-0.2, -0.15) is 5.26 Å². The Bertz CT molecular complexity index is 709. The molecular formula is C16H16N2O2. The molecule has 0 bridgehead atoms. The first-order chi connectivity index (χ1) is 9.69. The molecule has 0 radical (unpaired) electrons. The van der Waals surface area contributed by atoms with Crippen LogP contribution in [0.4, 0.5) is 0 Å². The van der Waals surface area contributed by atoms with Gasteiger partial charge >= 0.3 is 5.97 Å². The molecule has 2 aromatic rings. The van der Waals surface area contributed by atoms with Crippen molar-refractivity contribution in [1.29, 1.82) is 5.26 Å². The van der Waals surface area contributed by atoms with E-state index in [0.29, 0.717) is 5.56 Å². The summed E-state index contributed by atoms with van der Waals surface area (Å²) in [6, 6.07) is 7.44. The molecule has 0 saturated carbocycles. The van der Waals surface area contributed by atoms with Gasteiger partial charge in [0.2, 0.25) is 0 Å². The van der Waals surface area contributed by atoms with Gasteiger partial charge in [0.05, 0.1) is 5.56 Å². The first-order valence-corrected chi connectivity index (χ1v) is 6.93. The van der Waals surface area contributed by atoms with E-state index in [9.17, 15) is 4.79 Å². The van der Waals surface area contributed by atoms with Crippen LogP contribution in [-0.4, -0.2) is 17.1 Å². The summed E-state index contributed by atoms with van der Waals surface area (Å²) in [5, 5.41) is 9.81. The number of carbonyl (C=O) groups excluding carboxylic acids is 1. The smallest absolute Gasteiger partial charge is 0.339 e. The van der Waals surface area contributed by atoms with Crippen molar-refractivity contribution in [3.05, 3.63) is 35.0 Å². The van der Waals surface area contributed by atoms with E-state index < -0.39 is 12.1 Å².